The van der Waals surface area contributed by atoms with Gasteiger partial charge in [0.15, 0.2) is 0 Å². The van der Waals surface area contributed by atoms with Crippen LogP contribution >= 0.6 is 0 Å². The second-order valence-corrected chi connectivity index (χ2v) is 3.44. The molecule has 0 bridgehead atoms. The first-order valence-corrected chi connectivity index (χ1v) is 6.36. The Morgan fingerprint density at radius 1 is 0.250 bits per heavy atom. The van der Waals surface area contributed by atoms with Gasteiger partial charge < -0.3 is 69.3 Å². The van der Waals surface area contributed by atoms with Gasteiger partial charge in [0.25, 0.3) is 0 Å². The Bertz CT molecular complexity index is 335. The van der Waals surface area contributed by atoms with E-state index < -0.39 is 41.8 Å². The van der Waals surface area contributed by atoms with Crippen LogP contribution in [0.15, 0.2) is 0 Å². The van der Waals surface area contributed by atoms with Crippen LogP contribution in [-0.2, 0) is 33.6 Å². The van der Waals surface area contributed by atoms with Gasteiger partial charge in [0, 0.05) is 41.8 Å². The molecule has 22 heteroatoms. The molecule has 14 nitrogen and oxygen atoms in total. The molecule has 0 N–H and O–H groups in total. The molecular formula is C14H21O14Pb8+9. The molecular weight excluding hydrogens is 2050 g/mol. The quantitative estimate of drug-likeness (QED) is 0.204. The Hall–Kier alpha value is 3.67. The van der Waals surface area contributed by atoms with Crippen molar-refractivity contribution in [2.45, 2.75) is 48.5 Å². The third-order valence-electron chi connectivity index (χ3n) is 0. The summed E-state index contributed by atoms with van der Waals surface area (Å²) in [7, 11) is 0. The first-order valence-electron chi connectivity index (χ1n) is 6.36. The molecule has 184 valence electrons. The van der Waals surface area contributed by atoms with E-state index in [9.17, 15) is 0 Å². The van der Waals surface area contributed by atoms with Gasteiger partial charge in [-0.1, -0.05) is 0 Å². The second-order valence-electron chi connectivity index (χ2n) is 3.44. The van der Waals surface area contributed by atoms with Crippen molar-refractivity contribution >= 4 is 260 Å². The molecule has 0 aromatic heterocycles. The molecule has 0 unspecified atom stereocenters. The number of carboxylic acid groups (broad SMARTS) is 7. The largest absolute Gasteiger partial charge is 2.00 e. The van der Waals surface area contributed by atoms with E-state index in [1.165, 1.54) is 0 Å². The maximum Gasteiger partial charge on any atom is 2.00 e. The molecule has 0 atom stereocenters. The summed E-state index contributed by atoms with van der Waals surface area (Å²) in [6, 6.07) is 0. The van der Waals surface area contributed by atoms with Crippen LogP contribution < -0.4 is 35.7 Å². The number of hydrogen-bond acceptors (Lipinski definition) is 14. The van der Waals surface area contributed by atoms with Crippen molar-refractivity contribution < 1.29 is 69.3 Å². The van der Waals surface area contributed by atoms with Crippen molar-refractivity contribution in [3.05, 3.63) is 0 Å². The molecule has 0 aliphatic rings. The average Bonchev–Trinajstić information content (AvgIpc) is 2.20. The van der Waals surface area contributed by atoms with Crippen molar-refractivity contribution in [3.63, 3.8) is 0 Å². The maximum atomic E-state index is 8.89. The van der Waals surface area contributed by atoms with E-state index in [4.69, 9.17) is 69.3 Å². The number of hydrogen-bond donors (Lipinski definition) is 0. The molecule has 0 saturated heterocycles. The summed E-state index contributed by atoms with van der Waals surface area (Å²) in [5, 5.41) is 62.2. The summed E-state index contributed by atoms with van der Waals surface area (Å²) in [5.74, 6) is -7.58. The minimum absolute atomic E-state index is 0. The van der Waals surface area contributed by atoms with E-state index in [2.05, 4.69) is 0 Å². The van der Waals surface area contributed by atoms with Gasteiger partial charge in [0.05, 0.1) is 0 Å². The van der Waals surface area contributed by atoms with Crippen LogP contribution in [0.3, 0.4) is 0 Å². The Balaban J connectivity index is -0.0000000106. The number of carbonyl (C=O) groups is 7. The first-order chi connectivity index (χ1) is 12.1. The molecule has 36 heavy (non-hydrogen) atoms. The Morgan fingerprint density at radius 2 is 0.250 bits per heavy atom. The summed E-state index contributed by atoms with van der Waals surface area (Å²) in [5.41, 5.74) is 0. The smallest absolute Gasteiger partial charge is 0.550 e. The fraction of sp³-hybridized carbons (Fsp3) is 0.500. The minimum atomic E-state index is -1.08. The third-order valence-corrected chi connectivity index (χ3v) is 0. The van der Waals surface area contributed by atoms with Gasteiger partial charge in [-0.25, -0.2) is 0 Å². The van der Waals surface area contributed by atoms with E-state index in [0.717, 1.165) is 48.5 Å². The summed E-state index contributed by atoms with van der Waals surface area (Å²) < 4.78 is 0. The fourth-order valence-corrected chi connectivity index (χ4v) is 0. The fourth-order valence-electron chi connectivity index (χ4n) is 0. The summed E-state index contributed by atoms with van der Waals surface area (Å²) in [6.45, 7) is 6.81. The molecule has 0 amide bonds. The molecule has 0 aliphatic heterocycles. The van der Waals surface area contributed by atoms with Crippen LogP contribution in [0.5, 0.6) is 0 Å². The van der Waals surface area contributed by atoms with E-state index >= 15 is 0 Å². The van der Waals surface area contributed by atoms with Crippen molar-refractivity contribution in [1.29, 1.82) is 0 Å². The topological polar surface area (TPSA) is 281 Å². The van der Waals surface area contributed by atoms with Crippen molar-refractivity contribution in [3.8, 4) is 0 Å². The van der Waals surface area contributed by atoms with E-state index in [1.54, 1.807) is 0 Å². The zero-order chi connectivity index (χ0) is 25.0. The standard InChI is InChI=1S/7C2H4O2.8Pb/c7*1-2(3)4;;;;;;;;/h7*1H3,(H,3,4);;;;;;;;/q;;;;;;;8*+2/p-7. The molecule has 0 saturated carbocycles. The monoisotopic (exact) mass is 2080 g/mol. The maximum absolute atomic E-state index is 8.89. The van der Waals surface area contributed by atoms with E-state index in [1.807, 2.05) is 0 Å². The molecule has 0 aromatic carbocycles. The van der Waals surface area contributed by atoms with Crippen LogP contribution in [0.25, 0.3) is 0 Å². The second kappa shape index (κ2) is 90.2. The van der Waals surface area contributed by atoms with Gasteiger partial charge in [-0.2, -0.15) is 0 Å². The zero-order valence-corrected chi connectivity index (χ0v) is 51.3. The number of carbonyl (C=O) groups excluding carboxylic acids is 7. The van der Waals surface area contributed by atoms with Crippen LogP contribution in [0.2, 0.25) is 0 Å². The van der Waals surface area contributed by atoms with Crippen molar-refractivity contribution in [1.82, 2.24) is 0 Å². The van der Waals surface area contributed by atoms with Crippen LogP contribution in [0, 0.1) is 0 Å². The molecule has 0 spiro atoms. The van der Waals surface area contributed by atoms with Crippen LogP contribution in [0.4, 0.5) is 0 Å². The molecule has 0 aromatic rings. The van der Waals surface area contributed by atoms with Gasteiger partial charge in [-0.3, -0.25) is 0 Å². The number of rotatable bonds is 0. The molecule has 16 radical (unpaired) electrons. The first kappa shape index (κ1) is 97.5. The minimum Gasteiger partial charge on any atom is -0.550 e. The van der Waals surface area contributed by atoms with Gasteiger partial charge in [-0.05, 0) is 48.5 Å². The normalized spacial score (nSPS) is 4.86. The molecule has 0 rings (SSSR count). The van der Waals surface area contributed by atoms with E-state index in [-0.39, 0.29) is 218 Å². The van der Waals surface area contributed by atoms with Crippen molar-refractivity contribution in [2.24, 2.45) is 0 Å². The molecule has 0 aliphatic carbocycles. The third kappa shape index (κ3) is 3770. The number of aliphatic carboxylic acids is 7. The summed E-state index contributed by atoms with van der Waals surface area (Å²) in [6.07, 6.45) is 0. The van der Waals surface area contributed by atoms with Gasteiger partial charge >= 0.3 is 218 Å². The van der Waals surface area contributed by atoms with E-state index in [0.29, 0.717) is 0 Å². The van der Waals surface area contributed by atoms with Crippen LogP contribution in [0.1, 0.15) is 48.5 Å². The Labute approximate surface area is 370 Å². The average molecular weight is 2070 g/mol. The molecule has 0 heterocycles. The van der Waals surface area contributed by atoms with Gasteiger partial charge in [0.2, 0.25) is 0 Å². The Morgan fingerprint density at radius 3 is 0.250 bits per heavy atom. The van der Waals surface area contributed by atoms with Gasteiger partial charge in [0.1, 0.15) is 0 Å². The zero-order valence-electron chi connectivity index (χ0n) is 20.2. The van der Waals surface area contributed by atoms with Gasteiger partial charge in [-0.15, -0.1) is 0 Å². The summed E-state index contributed by atoms with van der Waals surface area (Å²) in [4.78, 5) is 62.2. The predicted molar refractivity (Wildman–Crippen MR) is 121 cm³/mol. The van der Waals surface area contributed by atoms with Crippen molar-refractivity contribution in [2.75, 3.05) is 0 Å². The Kier molecular flexibility index (Phi) is 244. The SMILES string of the molecule is CC(=O)[O-].CC(=O)[O-].CC(=O)[O-].CC(=O)[O-].CC(=O)[O-].CC(=O)[O-].CC(=O)[O-].[Pb+2].[Pb+2].[Pb+2].[Pb+2].[Pb+2].[Pb+2].[Pb+2].[Pb+2]. The summed E-state index contributed by atoms with van der Waals surface area (Å²) >= 11 is 0. The number of carboxylic acids is 7. The molecule has 0 fully saturated rings. The van der Waals surface area contributed by atoms with Crippen LogP contribution in [-0.4, -0.2) is 260 Å². The predicted octanol–water partition coefficient (Wildman–Crippen LogP) is -11.8.